The van der Waals surface area contributed by atoms with Crippen LogP contribution >= 0.6 is 0 Å². The smallest absolute Gasteiger partial charge is 0.394 e. The monoisotopic (exact) mass is 434 g/mol. The summed E-state index contributed by atoms with van der Waals surface area (Å²) in [5.41, 5.74) is 3.02. The van der Waals surface area contributed by atoms with E-state index in [1.165, 1.54) is 12.3 Å². The number of ether oxygens (including phenoxy) is 1. The molecule has 1 fully saturated rings. The molecule has 1 aromatic heterocycles. The first-order chi connectivity index (χ1) is 14.9. The number of alkyl halides is 3. The molecule has 3 aliphatic heterocycles. The fourth-order valence-corrected chi connectivity index (χ4v) is 4.13. The van der Waals surface area contributed by atoms with Crippen molar-refractivity contribution in [2.45, 2.75) is 31.1 Å². The molecule has 2 N–H and O–H groups in total. The molecule has 3 atom stereocenters. The second-order valence-corrected chi connectivity index (χ2v) is 7.58. The molecule has 0 radical (unpaired) electrons. The lowest BCUT2D eigenvalue weighted by Gasteiger charge is -2.33. The molecule has 31 heavy (non-hydrogen) atoms. The number of amidine groups is 1. The standard InChI is InChI=1S/C21H18F4N4O2/c22-15-8-26-16(12-6-27-20(28-7-12)21(23,24)25)5-11(15)9-29-17(10-30)13-3-1-2-4-14(13)18-19(29)31-18/h1-6,8,17-19,30H,7,9-10H2,(H,27,28). The normalized spacial score (nSPS) is 25.1. The van der Waals surface area contributed by atoms with Crippen LogP contribution in [0.4, 0.5) is 17.6 Å². The van der Waals surface area contributed by atoms with Gasteiger partial charge in [0.25, 0.3) is 0 Å². The molecule has 0 spiro atoms. The predicted molar refractivity (Wildman–Crippen MR) is 103 cm³/mol. The van der Waals surface area contributed by atoms with Crippen molar-refractivity contribution >= 4 is 11.4 Å². The zero-order valence-electron chi connectivity index (χ0n) is 16.1. The molecule has 2 aromatic rings. The summed E-state index contributed by atoms with van der Waals surface area (Å²) < 4.78 is 58.6. The number of aliphatic hydroxyl groups excluding tert-OH is 1. The lowest BCUT2D eigenvalue weighted by atomic mass is 9.92. The first-order valence-corrected chi connectivity index (χ1v) is 9.69. The van der Waals surface area contributed by atoms with E-state index in [1.807, 2.05) is 29.2 Å². The van der Waals surface area contributed by atoms with Gasteiger partial charge >= 0.3 is 6.18 Å². The summed E-state index contributed by atoms with van der Waals surface area (Å²) in [6.07, 6.45) is -2.71. The van der Waals surface area contributed by atoms with Gasteiger partial charge in [-0.25, -0.2) is 4.39 Å². The summed E-state index contributed by atoms with van der Waals surface area (Å²) in [6, 6.07) is 8.82. The van der Waals surface area contributed by atoms with Gasteiger partial charge in [0.15, 0.2) is 0 Å². The third kappa shape index (κ3) is 3.60. The van der Waals surface area contributed by atoms with E-state index in [9.17, 15) is 22.7 Å². The maximum Gasteiger partial charge on any atom is 0.449 e. The fraction of sp³-hybridized carbons (Fsp3) is 0.333. The molecule has 0 saturated carbocycles. The van der Waals surface area contributed by atoms with Crippen LogP contribution in [0.25, 0.3) is 5.57 Å². The van der Waals surface area contributed by atoms with Crippen LogP contribution in [0.15, 0.2) is 47.7 Å². The second-order valence-electron chi connectivity index (χ2n) is 7.58. The molecule has 1 aromatic carbocycles. The van der Waals surface area contributed by atoms with Crippen LogP contribution in [0.5, 0.6) is 0 Å². The minimum absolute atomic E-state index is 0.122. The van der Waals surface area contributed by atoms with Gasteiger partial charge in [0, 0.05) is 23.9 Å². The van der Waals surface area contributed by atoms with Crippen molar-refractivity contribution in [2.75, 3.05) is 13.2 Å². The van der Waals surface area contributed by atoms with E-state index in [0.29, 0.717) is 16.8 Å². The molecule has 3 aliphatic rings. The minimum atomic E-state index is -4.56. The number of epoxide rings is 1. The van der Waals surface area contributed by atoms with Crippen molar-refractivity contribution in [1.29, 1.82) is 0 Å². The van der Waals surface area contributed by atoms with Crippen molar-refractivity contribution in [3.8, 4) is 0 Å². The highest BCUT2D eigenvalue weighted by atomic mass is 19.4. The van der Waals surface area contributed by atoms with E-state index in [1.54, 1.807) is 0 Å². The zero-order valence-corrected chi connectivity index (χ0v) is 16.1. The molecule has 3 unspecified atom stereocenters. The van der Waals surface area contributed by atoms with Crippen molar-refractivity contribution in [1.82, 2.24) is 15.2 Å². The Kier molecular flexibility index (Phi) is 4.80. The van der Waals surface area contributed by atoms with Crippen LogP contribution < -0.4 is 5.32 Å². The molecule has 4 heterocycles. The Morgan fingerprint density at radius 1 is 1.23 bits per heavy atom. The number of nitrogens with zero attached hydrogens (tertiary/aromatic N) is 3. The second kappa shape index (κ2) is 7.40. The Labute approximate surface area is 174 Å². The quantitative estimate of drug-likeness (QED) is 0.572. The first-order valence-electron chi connectivity index (χ1n) is 9.69. The number of aliphatic imine (C=N–C) groups is 1. The molecule has 162 valence electrons. The number of rotatable bonds is 4. The van der Waals surface area contributed by atoms with Crippen molar-refractivity contribution in [3.63, 3.8) is 0 Å². The van der Waals surface area contributed by atoms with Gasteiger partial charge in [-0.05, 0) is 17.2 Å². The van der Waals surface area contributed by atoms with Gasteiger partial charge in [0.1, 0.15) is 18.1 Å². The van der Waals surface area contributed by atoms with Crippen molar-refractivity contribution in [3.05, 3.63) is 70.9 Å². The van der Waals surface area contributed by atoms with Crippen LogP contribution in [0, 0.1) is 5.82 Å². The Bertz CT molecular complexity index is 1090. The molecule has 0 bridgehead atoms. The lowest BCUT2D eigenvalue weighted by molar-refractivity contribution is -0.0614. The van der Waals surface area contributed by atoms with Gasteiger partial charge in [-0.1, -0.05) is 24.3 Å². The van der Waals surface area contributed by atoms with Crippen LogP contribution in [0.3, 0.4) is 0 Å². The number of aromatic nitrogens is 1. The number of hydrogen-bond acceptors (Lipinski definition) is 6. The molecule has 5 rings (SSSR count). The summed E-state index contributed by atoms with van der Waals surface area (Å²) in [5.74, 6) is -1.62. The Morgan fingerprint density at radius 2 is 2.00 bits per heavy atom. The number of benzene rings is 1. The topological polar surface area (TPSA) is 73.3 Å². The van der Waals surface area contributed by atoms with Crippen LogP contribution in [-0.4, -0.2) is 46.4 Å². The van der Waals surface area contributed by atoms with Crippen molar-refractivity contribution in [2.24, 2.45) is 4.99 Å². The van der Waals surface area contributed by atoms with Crippen LogP contribution in [0.2, 0.25) is 0 Å². The first kappa shape index (κ1) is 20.1. The van der Waals surface area contributed by atoms with Gasteiger partial charge < -0.3 is 15.2 Å². The van der Waals surface area contributed by atoms with E-state index >= 15 is 0 Å². The van der Waals surface area contributed by atoms with Gasteiger partial charge in [-0.2, -0.15) is 13.2 Å². The summed E-state index contributed by atoms with van der Waals surface area (Å²) >= 11 is 0. The predicted octanol–water partition coefficient (Wildman–Crippen LogP) is 3.07. The summed E-state index contributed by atoms with van der Waals surface area (Å²) in [5, 5.41) is 12.1. The third-order valence-electron chi connectivity index (χ3n) is 5.71. The largest absolute Gasteiger partial charge is 0.449 e. The van der Waals surface area contributed by atoms with E-state index in [0.717, 1.165) is 17.3 Å². The van der Waals surface area contributed by atoms with Gasteiger partial charge in [-0.3, -0.25) is 14.9 Å². The number of aliphatic hydroxyl groups is 1. The Hall–Kier alpha value is -2.82. The van der Waals surface area contributed by atoms with Gasteiger partial charge in [0.2, 0.25) is 5.84 Å². The highest BCUT2D eigenvalue weighted by molar-refractivity contribution is 5.91. The third-order valence-corrected chi connectivity index (χ3v) is 5.71. The summed E-state index contributed by atoms with van der Waals surface area (Å²) in [6.45, 7) is -0.225. The average molecular weight is 434 g/mol. The molecule has 0 aliphatic carbocycles. The van der Waals surface area contributed by atoms with Crippen LogP contribution in [-0.2, 0) is 11.3 Å². The molecule has 0 amide bonds. The zero-order chi connectivity index (χ0) is 21.8. The van der Waals surface area contributed by atoms with Crippen molar-refractivity contribution < 1.29 is 27.4 Å². The van der Waals surface area contributed by atoms with Gasteiger partial charge in [-0.15, -0.1) is 0 Å². The van der Waals surface area contributed by atoms with Crippen LogP contribution in [0.1, 0.15) is 34.5 Å². The lowest BCUT2D eigenvalue weighted by Crippen LogP contribution is -2.37. The molecule has 1 saturated heterocycles. The van der Waals surface area contributed by atoms with Gasteiger partial charge in [0.05, 0.1) is 31.1 Å². The summed E-state index contributed by atoms with van der Waals surface area (Å²) in [7, 11) is 0. The van der Waals surface area contributed by atoms with E-state index in [4.69, 9.17) is 4.74 Å². The number of fused-ring (bicyclic) bond motifs is 3. The number of halogens is 4. The molecular formula is C21H18F4N4O2. The maximum atomic E-state index is 14.6. The number of hydrogen-bond donors (Lipinski definition) is 2. The molecular weight excluding hydrogens is 416 g/mol. The number of nitrogens with one attached hydrogen (secondary N) is 1. The van der Waals surface area contributed by atoms with E-state index < -0.39 is 17.8 Å². The molecule has 6 nitrogen and oxygen atoms in total. The number of pyridine rings is 1. The maximum absolute atomic E-state index is 14.6. The Morgan fingerprint density at radius 3 is 2.68 bits per heavy atom. The van der Waals surface area contributed by atoms with E-state index in [-0.39, 0.29) is 38.1 Å². The minimum Gasteiger partial charge on any atom is -0.394 e. The molecule has 10 heteroatoms. The highest BCUT2D eigenvalue weighted by Gasteiger charge is 2.52. The van der Waals surface area contributed by atoms with E-state index in [2.05, 4.69) is 15.3 Å². The highest BCUT2D eigenvalue weighted by Crippen LogP contribution is 2.51. The average Bonchev–Trinajstić information content (AvgIpc) is 3.56. The SMILES string of the molecule is OCC1c2ccccc2C2OC2N1Cc1cc(C2=CNC(C(F)(F)F)=NC2)ncc1F. The summed E-state index contributed by atoms with van der Waals surface area (Å²) in [4.78, 5) is 9.42. The fourth-order valence-electron chi connectivity index (χ4n) is 4.13. The Balaban J connectivity index is 1.39.